The van der Waals surface area contributed by atoms with E-state index in [1.54, 1.807) is 24.5 Å². The number of halogens is 6. The number of nitrogens with zero attached hydrogens (tertiary/aromatic N) is 3. The third-order valence-corrected chi connectivity index (χ3v) is 4.66. The Hall–Kier alpha value is -3.16. The number of aliphatic carboxylic acids is 2. The first-order chi connectivity index (χ1) is 15.1. The summed E-state index contributed by atoms with van der Waals surface area (Å²) in [6.07, 6.45) is -3.67. The van der Waals surface area contributed by atoms with Crippen LogP contribution in [0.4, 0.5) is 26.3 Å². The molecule has 2 aliphatic rings. The van der Waals surface area contributed by atoms with Crippen molar-refractivity contribution in [3.8, 4) is 0 Å². The van der Waals surface area contributed by atoms with Crippen LogP contribution in [0.25, 0.3) is 0 Å². The molecule has 0 atom stereocenters. The Labute approximate surface area is 184 Å². The average Bonchev–Trinajstić information content (AvgIpc) is 3.11. The van der Waals surface area contributed by atoms with Crippen LogP contribution in [0.3, 0.4) is 0 Å². The lowest BCUT2D eigenvalue weighted by Crippen LogP contribution is -2.59. The van der Waals surface area contributed by atoms with Gasteiger partial charge in [0.1, 0.15) is 0 Å². The number of carboxylic acid groups (broad SMARTS) is 2. The molecule has 0 aliphatic carbocycles. The molecule has 2 aliphatic heterocycles. The second kappa shape index (κ2) is 11.1. The molecule has 14 heteroatoms. The van der Waals surface area contributed by atoms with E-state index in [2.05, 4.69) is 16.5 Å². The third-order valence-electron chi connectivity index (χ3n) is 4.66. The molecular weight excluding hydrogens is 464 g/mol. The normalized spacial score (nSPS) is 17.1. The highest BCUT2D eigenvalue weighted by molar-refractivity contribution is 5.94. The summed E-state index contributed by atoms with van der Waals surface area (Å²) in [4.78, 5) is 38.3. The van der Waals surface area contributed by atoms with Gasteiger partial charge >= 0.3 is 24.3 Å². The first-order valence-corrected chi connectivity index (χ1v) is 9.24. The van der Waals surface area contributed by atoms with Crippen LogP contribution in [0.15, 0.2) is 37.2 Å². The lowest BCUT2D eigenvalue weighted by molar-refractivity contribution is -0.193. The second-order valence-electron chi connectivity index (χ2n) is 7.28. The lowest BCUT2D eigenvalue weighted by Gasteiger charge is -2.48. The largest absolute Gasteiger partial charge is 0.490 e. The molecule has 8 nitrogen and oxygen atoms in total. The number of pyridine rings is 1. The van der Waals surface area contributed by atoms with Crippen LogP contribution in [0.1, 0.15) is 16.8 Å². The van der Waals surface area contributed by atoms with Crippen molar-refractivity contribution in [1.82, 2.24) is 14.8 Å². The van der Waals surface area contributed by atoms with Crippen LogP contribution in [-0.2, 0) is 9.59 Å². The van der Waals surface area contributed by atoms with Crippen LogP contribution < -0.4 is 0 Å². The molecule has 0 saturated carbocycles. The van der Waals surface area contributed by atoms with Crippen molar-refractivity contribution in [2.24, 2.45) is 5.41 Å². The summed E-state index contributed by atoms with van der Waals surface area (Å²) in [5, 5.41) is 14.2. The van der Waals surface area contributed by atoms with E-state index in [1.165, 1.54) is 6.42 Å². The number of hydrogen-bond acceptors (Lipinski definition) is 5. The molecule has 0 aromatic carbocycles. The van der Waals surface area contributed by atoms with Crippen LogP contribution in [0.2, 0.25) is 0 Å². The second-order valence-corrected chi connectivity index (χ2v) is 7.28. The molecule has 2 saturated heterocycles. The molecule has 2 N–H and O–H groups in total. The van der Waals surface area contributed by atoms with Crippen LogP contribution in [0.5, 0.6) is 0 Å². The molecular formula is C19H21F6N3O5. The standard InChI is InChI=1S/C15H19N3O.2C2HF3O2/c1-2-8-17-9-5-15(10-17)11-18(12-15)14(19)13-3-6-16-7-4-13;2*3-2(4,5)1(6)7/h2-4,6-7H,1,5,8-12H2;2*(H,6,7). The van der Waals surface area contributed by atoms with E-state index in [-0.39, 0.29) is 5.91 Å². The molecule has 1 spiro atoms. The fourth-order valence-corrected chi connectivity index (χ4v) is 3.21. The monoisotopic (exact) mass is 485 g/mol. The number of carbonyl (C=O) groups is 3. The zero-order valence-electron chi connectivity index (χ0n) is 17.1. The smallest absolute Gasteiger partial charge is 0.475 e. The van der Waals surface area contributed by atoms with Crippen molar-refractivity contribution in [2.75, 3.05) is 32.7 Å². The van der Waals surface area contributed by atoms with Crippen LogP contribution in [-0.4, -0.2) is 87.9 Å². The van der Waals surface area contributed by atoms with Crippen LogP contribution >= 0.6 is 0 Å². The summed E-state index contributed by atoms with van der Waals surface area (Å²) in [5.74, 6) is -5.38. The van der Waals surface area contributed by atoms with Crippen molar-refractivity contribution in [3.63, 3.8) is 0 Å². The number of aromatic nitrogens is 1. The van der Waals surface area contributed by atoms with E-state index in [9.17, 15) is 31.1 Å². The Morgan fingerprint density at radius 1 is 1.00 bits per heavy atom. The van der Waals surface area contributed by atoms with Gasteiger partial charge in [0.25, 0.3) is 5.91 Å². The van der Waals surface area contributed by atoms with Gasteiger partial charge in [0.2, 0.25) is 0 Å². The first-order valence-electron chi connectivity index (χ1n) is 9.24. The van der Waals surface area contributed by atoms with Crippen molar-refractivity contribution in [2.45, 2.75) is 18.8 Å². The third kappa shape index (κ3) is 8.71. The first kappa shape index (κ1) is 27.9. The Kier molecular flexibility index (Phi) is 9.39. The lowest BCUT2D eigenvalue weighted by atomic mass is 9.79. The minimum atomic E-state index is -5.08. The highest BCUT2D eigenvalue weighted by atomic mass is 19.4. The van der Waals surface area contributed by atoms with Crippen molar-refractivity contribution < 1.29 is 50.9 Å². The summed E-state index contributed by atoms with van der Waals surface area (Å²) in [5.41, 5.74) is 1.08. The van der Waals surface area contributed by atoms with Crippen molar-refractivity contribution in [3.05, 3.63) is 42.7 Å². The zero-order valence-corrected chi connectivity index (χ0v) is 17.1. The Balaban J connectivity index is 0.000000324. The molecule has 1 aromatic heterocycles. The van der Waals surface area contributed by atoms with E-state index in [0.717, 1.165) is 38.3 Å². The van der Waals surface area contributed by atoms with E-state index < -0.39 is 24.3 Å². The molecule has 3 rings (SSSR count). The topological polar surface area (TPSA) is 111 Å². The van der Waals surface area contributed by atoms with Gasteiger partial charge in [-0.1, -0.05) is 6.08 Å². The highest BCUT2D eigenvalue weighted by Gasteiger charge is 2.49. The quantitative estimate of drug-likeness (QED) is 0.500. The Morgan fingerprint density at radius 2 is 1.45 bits per heavy atom. The molecule has 1 amide bonds. The number of likely N-dealkylation sites (tertiary alicyclic amines) is 2. The fraction of sp³-hybridized carbons (Fsp3) is 0.474. The number of carbonyl (C=O) groups excluding carboxylic acids is 1. The van der Waals surface area contributed by atoms with E-state index in [1.807, 2.05) is 11.0 Å². The maximum absolute atomic E-state index is 12.2. The van der Waals surface area contributed by atoms with Crippen molar-refractivity contribution >= 4 is 17.8 Å². The summed E-state index contributed by atoms with van der Waals surface area (Å²) in [6, 6.07) is 3.57. The number of carboxylic acids is 2. The Morgan fingerprint density at radius 3 is 1.85 bits per heavy atom. The fourth-order valence-electron chi connectivity index (χ4n) is 3.21. The SMILES string of the molecule is C=CCN1CCC2(C1)CN(C(=O)c1ccncc1)C2.O=C(O)C(F)(F)F.O=C(O)C(F)(F)F. The molecule has 1 aromatic rings. The number of amides is 1. The van der Waals surface area contributed by atoms with Gasteiger partial charge in [-0.25, -0.2) is 9.59 Å². The molecule has 2 fully saturated rings. The maximum atomic E-state index is 12.2. The number of alkyl halides is 6. The van der Waals surface area contributed by atoms with Gasteiger partial charge in [-0.15, -0.1) is 6.58 Å². The summed E-state index contributed by atoms with van der Waals surface area (Å²) >= 11 is 0. The minimum Gasteiger partial charge on any atom is -0.475 e. The predicted octanol–water partition coefficient (Wildman–Crippen LogP) is 2.68. The van der Waals surface area contributed by atoms with Gasteiger partial charge in [0.15, 0.2) is 0 Å². The van der Waals surface area contributed by atoms with Gasteiger partial charge in [-0.3, -0.25) is 14.7 Å². The van der Waals surface area contributed by atoms with Gasteiger partial charge in [-0.05, 0) is 25.1 Å². The van der Waals surface area contributed by atoms with Crippen molar-refractivity contribution in [1.29, 1.82) is 0 Å². The summed E-state index contributed by atoms with van der Waals surface area (Å²) in [7, 11) is 0. The Bertz CT molecular complexity index is 815. The van der Waals surface area contributed by atoms with E-state index in [4.69, 9.17) is 19.8 Å². The average molecular weight is 485 g/mol. The molecule has 0 radical (unpaired) electrons. The molecule has 184 valence electrons. The van der Waals surface area contributed by atoms with Gasteiger partial charge < -0.3 is 15.1 Å². The zero-order chi connectivity index (χ0) is 25.4. The molecule has 0 bridgehead atoms. The molecule has 3 heterocycles. The van der Waals surface area contributed by atoms with Gasteiger partial charge in [-0.2, -0.15) is 26.3 Å². The predicted molar refractivity (Wildman–Crippen MR) is 101 cm³/mol. The maximum Gasteiger partial charge on any atom is 0.490 e. The van der Waals surface area contributed by atoms with Crippen LogP contribution in [0, 0.1) is 5.41 Å². The molecule has 0 unspecified atom stereocenters. The summed E-state index contributed by atoms with van der Waals surface area (Å²) in [6.45, 7) is 8.75. The van der Waals surface area contributed by atoms with Gasteiger partial charge in [0.05, 0.1) is 0 Å². The van der Waals surface area contributed by atoms with Gasteiger partial charge in [0, 0.05) is 49.6 Å². The summed E-state index contributed by atoms with van der Waals surface area (Å²) < 4.78 is 63.5. The number of rotatable bonds is 3. The number of hydrogen-bond donors (Lipinski definition) is 2. The van der Waals surface area contributed by atoms with E-state index >= 15 is 0 Å². The minimum absolute atomic E-state index is 0.134. The molecule has 33 heavy (non-hydrogen) atoms. The highest BCUT2D eigenvalue weighted by Crippen LogP contribution is 2.39. The van der Waals surface area contributed by atoms with E-state index in [0.29, 0.717) is 5.41 Å².